The lowest BCUT2D eigenvalue weighted by atomic mass is 10.0. The smallest absolute Gasteiger partial charge is 0.253 e. The van der Waals surface area contributed by atoms with E-state index < -0.39 is 6.04 Å². The van der Waals surface area contributed by atoms with E-state index in [1.165, 1.54) is 0 Å². The summed E-state index contributed by atoms with van der Waals surface area (Å²) in [5.41, 5.74) is 3.63. The van der Waals surface area contributed by atoms with Crippen LogP contribution in [0.25, 0.3) is 11.1 Å². The quantitative estimate of drug-likeness (QED) is 0.423. The van der Waals surface area contributed by atoms with E-state index in [9.17, 15) is 9.59 Å². The highest BCUT2D eigenvalue weighted by atomic mass is 35.5. The number of carbonyl (C=O) groups excluding carboxylic acids is 2. The fourth-order valence-electron chi connectivity index (χ4n) is 3.38. The van der Waals surface area contributed by atoms with E-state index in [4.69, 9.17) is 11.6 Å². The summed E-state index contributed by atoms with van der Waals surface area (Å²) in [6.45, 7) is 1.94. The molecular formula is C26H27ClN2O2S. The molecule has 0 saturated carbocycles. The van der Waals surface area contributed by atoms with E-state index in [-0.39, 0.29) is 17.9 Å². The molecule has 166 valence electrons. The highest BCUT2D eigenvalue weighted by Crippen LogP contribution is 2.22. The molecule has 3 aromatic carbocycles. The molecule has 0 heterocycles. The van der Waals surface area contributed by atoms with Gasteiger partial charge in [0, 0.05) is 0 Å². The maximum Gasteiger partial charge on any atom is 0.253 e. The Morgan fingerprint density at radius 1 is 0.875 bits per heavy atom. The first-order valence-corrected chi connectivity index (χ1v) is 12.3. The lowest BCUT2D eigenvalue weighted by molar-refractivity contribution is -0.123. The molecule has 3 rings (SSSR count). The Balaban J connectivity index is 1.67. The normalized spacial score (nSPS) is 12.6. The van der Waals surface area contributed by atoms with Crippen molar-refractivity contribution in [2.75, 3.05) is 12.0 Å². The Bertz CT molecular complexity index is 1040. The Hall–Kier alpha value is -2.76. The molecule has 0 aromatic heterocycles. The largest absolute Gasteiger partial charge is 0.348 e. The maximum absolute atomic E-state index is 13.0. The van der Waals surface area contributed by atoms with Crippen LogP contribution in [0.1, 0.15) is 35.3 Å². The summed E-state index contributed by atoms with van der Waals surface area (Å²) < 4.78 is 0. The third kappa shape index (κ3) is 6.38. The van der Waals surface area contributed by atoms with E-state index in [0.717, 1.165) is 22.4 Å². The van der Waals surface area contributed by atoms with Crippen LogP contribution in [0.4, 0.5) is 0 Å². The van der Waals surface area contributed by atoms with Crippen molar-refractivity contribution >= 4 is 35.2 Å². The van der Waals surface area contributed by atoms with Crippen molar-refractivity contribution in [3.05, 3.63) is 95.0 Å². The zero-order valence-corrected chi connectivity index (χ0v) is 19.7. The molecule has 0 radical (unpaired) electrons. The Morgan fingerprint density at radius 2 is 1.50 bits per heavy atom. The Labute approximate surface area is 198 Å². The molecule has 3 aromatic rings. The molecule has 6 heteroatoms. The second kappa shape index (κ2) is 11.7. The van der Waals surface area contributed by atoms with Crippen LogP contribution in [0.3, 0.4) is 0 Å². The zero-order valence-electron chi connectivity index (χ0n) is 18.2. The van der Waals surface area contributed by atoms with Crippen molar-refractivity contribution in [3.8, 4) is 11.1 Å². The number of thioether (sulfide) groups is 1. The summed E-state index contributed by atoms with van der Waals surface area (Å²) in [6, 6.07) is 24.3. The SMILES string of the molecule is CSCCC(NC(=O)c1ccccc1Cl)C(=O)NC(C)c1ccc(-c2ccccc2)cc1. The minimum atomic E-state index is -0.641. The van der Waals surface area contributed by atoms with Gasteiger partial charge < -0.3 is 10.6 Å². The lowest BCUT2D eigenvalue weighted by Gasteiger charge is -2.22. The van der Waals surface area contributed by atoms with Crippen LogP contribution in [-0.4, -0.2) is 29.9 Å². The van der Waals surface area contributed by atoms with Crippen LogP contribution in [0.2, 0.25) is 5.02 Å². The molecule has 2 amide bonds. The minimum absolute atomic E-state index is 0.193. The first-order valence-electron chi connectivity index (χ1n) is 10.5. The molecule has 0 aliphatic rings. The van der Waals surface area contributed by atoms with E-state index in [2.05, 4.69) is 34.9 Å². The second-order valence-electron chi connectivity index (χ2n) is 7.51. The van der Waals surface area contributed by atoms with Crippen molar-refractivity contribution in [2.24, 2.45) is 0 Å². The van der Waals surface area contributed by atoms with Gasteiger partial charge in [-0.1, -0.05) is 78.3 Å². The predicted octanol–water partition coefficient (Wildman–Crippen LogP) is 5.74. The molecule has 2 unspecified atom stereocenters. The van der Waals surface area contributed by atoms with Gasteiger partial charge in [-0.3, -0.25) is 9.59 Å². The molecule has 0 saturated heterocycles. The molecule has 0 spiro atoms. The van der Waals surface area contributed by atoms with Crippen molar-refractivity contribution in [2.45, 2.75) is 25.4 Å². The molecular weight excluding hydrogens is 440 g/mol. The zero-order chi connectivity index (χ0) is 22.9. The highest BCUT2D eigenvalue weighted by molar-refractivity contribution is 7.98. The molecule has 0 aliphatic heterocycles. The van der Waals surface area contributed by atoms with Crippen LogP contribution in [0.15, 0.2) is 78.9 Å². The van der Waals surface area contributed by atoms with Gasteiger partial charge in [-0.05, 0) is 54.2 Å². The van der Waals surface area contributed by atoms with Crippen LogP contribution in [0.5, 0.6) is 0 Å². The second-order valence-corrected chi connectivity index (χ2v) is 8.90. The topological polar surface area (TPSA) is 58.2 Å². The summed E-state index contributed by atoms with van der Waals surface area (Å²) in [5.74, 6) is 0.192. The van der Waals surface area contributed by atoms with Crippen LogP contribution in [-0.2, 0) is 4.79 Å². The number of rotatable bonds is 9. The number of halogens is 1. The number of hydrogen-bond acceptors (Lipinski definition) is 3. The lowest BCUT2D eigenvalue weighted by Crippen LogP contribution is -2.47. The van der Waals surface area contributed by atoms with Gasteiger partial charge in [0.1, 0.15) is 6.04 Å². The van der Waals surface area contributed by atoms with Crippen LogP contribution >= 0.6 is 23.4 Å². The van der Waals surface area contributed by atoms with E-state index in [1.54, 1.807) is 36.0 Å². The van der Waals surface area contributed by atoms with Gasteiger partial charge in [-0.2, -0.15) is 11.8 Å². The summed E-state index contributed by atoms with van der Waals surface area (Å²) in [4.78, 5) is 25.7. The highest BCUT2D eigenvalue weighted by Gasteiger charge is 2.23. The molecule has 2 N–H and O–H groups in total. The van der Waals surface area contributed by atoms with E-state index >= 15 is 0 Å². The summed E-state index contributed by atoms with van der Waals surface area (Å²) in [6.07, 6.45) is 2.50. The Kier molecular flexibility index (Phi) is 8.77. The first kappa shape index (κ1) is 23.9. The fraction of sp³-hybridized carbons (Fsp3) is 0.231. The van der Waals surface area contributed by atoms with Gasteiger partial charge in [-0.15, -0.1) is 0 Å². The molecule has 2 atom stereocenters. The average molecular weight is 467 g/mol. The summed E-state index contributed by atoms with van der Waals surface area (Å²) in [5, 5.41) is 6.25. The minimum Gasteiger partial charge on any atom is -0.348 e. The van der Waals surface area contributed by atoms with Crippen molar-refractivity contribution in [1.82, 2.24) is 10.6 Å². The molecule has 0 aliphatic carbocycles. The summed E-state index contributed by atoms with van der Waals surface area (Å²) >= 11 is 7.77. The summed E-state index contributed by atoms with van der Waals surface area (Å²) in [7, 11) is 0. The molecule has 0 bridgehead atoms. The van der Waals surface area contributed by atoms with E-state index in [0.29, 0.717) is 17.0 Å². The molecule has 32 heavy (non-hydrogen) atoms. The van der Waals surface area contributed by atoms with Gasteiger partial charge >= 0.3 is 0 Å². The molecule has 4 nitrogen and oxygen atoms in total. The van der Waals surface area contributed by atoms with Gasteiger partial charge in [0.2, 0.25) is 5.91 Å². The van der Waals surface area contributed by atoms with Crippen LogP contribution < -0.4 is 10.6 Å². The number of carbonyl (C=O) groups is 2. The third-order valence-corrected chi connectivity index (χ3v) is 6.20. The van der Waals surface area contributed by atoms with Gasteiger partial charge in [-0.25, -0.2) is 0 Å². The fourth-order valence-corrected chi connectivity index (χ4v) is 4.07. The predicted molar refractivity (Wildman–Crippen MR) is 134 cm³/mol. The number of nitrogens with one attached hydrogen (secondary N) is 2. The van der Waals surface area contributed by atoms with E-state index in [1.807, 2.05) is 43.5 Å². The van der Waals surface area contributed by atoms with Crippen LogP contribution in [0, 0.1) is 0 Å². The third-order valence-electron chi connectivity index (χ3n) is 5.23. The average Bonchev–Trinajstić information content (AvgIpc) is 2.82. The van der Waals surface area contributed by atoms with Gasteiger partial charge in [0.25, 0.3) is 5.91 Å². The standard InChI is InChI=1S/C26H27ClN2O2S/c1-18(19-12-14-21(15-13-19)20-8-4-3-5-9-20)28-26(31)24(16-17-32-2)29-25(30)22-10-6-7-11-23(22)27/h3-15,18,24H,16-17H2,1-2H3,(H,28,31)(H,29,30). The van der Waals surface area contributed by atoms with Gasteiger partial charge in [0.05, 0.1) is 16.6 Å². The number of hydrogen-bond donors (Lipinski definition) is 2. The van der Waals surface area contributed by atoms with Crippen molar-refractivity contribution in [3.63, 3.8) is 0 Å². The monoisotopic (exact) mass is 466 g/mol. The first-order chi connectivity index (χ1) is 15.5. The maximum atomic E-state index is 13.0. The number of benzene rings is 3. The number of amides is 2. The Morgan fingerprint density at radius 3 is 2.16 bits per heavy atom. The van der Waals surface area contributed by atoms with Gasteiger partial charge in [0.15, 0.2) is 0 Å². The molecule has 0 fully saturated rings. The van der Waals surface area contributed by atoms with Crippen molar-refractivity contribution in [1.29, 1.82) is 0 Å². The van der Waals surface area contributed by atoms with Crippen molar-refractivity contribution < 1.29 is 9.59 Å².